The van der Waals surface area contributed by atoms with E-state index in [2.05, 4.69) is 15.0 Å². The average Bonchev–Trinajstić information content (AvgIpc) is 2.64. The molecular weight excluding hydrogens is 398 g/mol. The Morgan fingerprint density at radius 1 is 0.920 bits per heavy atom. The molecule has 1 aliphatic rings. The SMILES string of the molecule is O=C=NCCSCC1CSC(CCSC(CN=C=O)CN=C=O)CS1. The van der Waals surface area contributed by atoms with Gasteiger partial charge in [-0.3, -0.25) is 0 Å². The third kappa shape index (κ3) is 11.7. The van der Waals surface area contributed by atoms with E-state index in [1.807, 2.05) is 35.3 Å². The van der Waals surface area contributed by atoms with E-state index in [1.165, 1.54) is 12.2 Å². The van der Waals surface area contributed by atoms with E-state index in [0.29, 0.717) is 30.1 Å². The summed E-state index contributed by atoms with van der Waals surface area (Å²) in [5.74, 6) is 5.24. The lowest BCUT2D eigenvalue weighted by Crippen LogP contribution is -2.24. The van der Waals surface area contributed by atoms with Gasteiger partial charge >= 0.3 is 0 Å². The first kappa shape index (κ1) is 22.6. The number of nitrogens with zero attached hydrogens (tertiary/aromatic N) is 3. The average molecular weight is 420 g/mol. The van der Waals surface area contributed by atoms with E-state index in [-0.39, 0.29) is 5.25 Å². The molecule has 0 aliphatic carbocycles. The highest BCUT2D eigenvalue weighted by atomic mass is 32.2. The van der Waals surface area contributed by atoms with Crippen molar-refractivity contribution in [2.75, 3.05) is 48.4 Å². The Morgan fingerprint density at radius 2 is 1.56 bits per heavy atom. The molecule has 1 rings (SSSR count). The zero-order valence-corrected chi connectivity index (χ0v) is 17.1. The fraction of sp³-hybridized carbons (Fsp3) is 0.800. The Labute approximate surface area is 165 Å². The molecule has 2 atom stereocenters. The maximum atomic E-state index is 10.2. The van der Waals surface area contributed by atoms with Gasteiger partial charge in [0.2, 0.25) is 18.2 Å². The van der Waals surface area contributed by atoms with Crippen LogP contribution in [0, 0.1) is 0 Å². The van der Waals surface area contributed by atoms with Gasteiger partial charge < -0.3 is 0 Å². The van der Waals surface area contributed by atoms with Gasteiger partial charge in [0.1, 0.15) is 0 Å². The van der Waals surface area contributed by atoms with Gasteiger partial charge in [0.05, 0.1) is 19.6 Å². The lowest BCUT2D eigenvalue weighted by Gasteiger charge is -2.27. The van der Waals surface area contributed by atoms with Crippen LogP contribution in [0.3, 0.4) is 0 Å². The second-order valence-corrected chi connectivity index (χ2v) is 10.3. The molecule has 25 heavy (non-hydrogen) atoms. The van der Waals surface area contributed by atoms with Crippen molar-refractivity contribution in [1.29, 1.82) is 0 Å². The molecule has 1 saturated heterocycles. The Balaban J connectivity index is 2.15. The molecule has 0 N–H and O–H groups in total. The molecule has 0 spiro atoms. The van der Waals surface area contributed by atoms with Gasteiger partial charge in [-0.05, 0) is 12.2 Å². The van der Waals surface area contributed by atoms with Crippen LogP contribution in [-0.2, 0) is 14.4 Å². The molecule has 2 unspecified atom stereocenters. The first-order valence-electron chi connectivity index (χ1n) is 7.83. The first-order chi connectivity index (χ1) is 12.3. The number of isocyanates is 3. The second kappa shape index (κ2) is 15.8. The maximum Gasteiger partial charge on any atom is 0.234 e. The fourth-order valence-electron chi connectivity index (χ4n) is 2.02. The molecule has 10 heteroatoms. The number of thioether (sulfide) groups is 4. The summed E-state index contributed by atoms with van der Waals surface area (Å²) in [4.78, 5) is 41.2. The van der Waals surface area contributed by atoms with E-state index in [0.717, 1.165) is 35.2 Å². The molecular formula is C15H21N3O3S4. The molecule has 0 bridgehead atoms. The number of hydrogen-bond acceptors (Lipinski definition) is 10. The molecule has 0 aromatic carbocycles. The molecule has 6 nitrogen and oxygen atoms in total. The second-order valence-electron chi connectivity index (χ2n) is 5.10. The molecule has 0 aromatic rings. The van der Waals surface area contributed by atoms with Crippen molar-refractivity contribution < 1.29 is 14.4 Å². The highest BCUT2D eigenvalue weighted by molar-refractivity contribution is 8.08. The minimum Gasteiger partial charge on any atom is -0.211 e. The smallest absolute Gasteiger partial charge is 0.211 e. The third-order valence-electron chi connectivity index (χ3n) is 3.26. The molecule has 1 heterocycles. The van der Waals surface area contributed by atoms with E-state index in [9.17, 15) is 14.4 Å². The predicted molar refractivity (Wildman–Crippen MR) is 110 cm³/mol. The summed E-state index contributed by atoms with van der Waals surface area (Å²) in [7, 11) is 0. The lowest BCUT2D eigenvalue weighted by molar-refractivity contribution is 0.561. The summed E-state index contributed by atoms with van der Waals surface area (Å²) in [5, 5.41) is 1.35. The Morgan fingerprint density at radius 3 is 2.16 bits per heavy atom. The largest absolute Gasteiger partial charge is 0.234 e. The fourth-order valence-corrected chi connectivity index (χ4v) is 7.66. The van der Waals surface area contributed by atoms with E-state index in [4.69, 9.17) is 0 Å². The molecule has 138 valence electrons. The van der Waals surface area contributed by atoms with E-state index < -0.39 is 0 Å². The third-order valence-corrected chi connectivity index (χ3v) is 9.12. The normalized spacial score (nSPS) is 20.6. The van der Waals surface area contributed by atoms with Crippen molar-refractivity contribution in [2.24, 2.45) is 15.0 Å². The topological polar surface area (TPSA) is 88.3 Å². The lowest BCUT2D eigenvalue weighted by atomic mass is 10.4. The van der Waals surface area contributed by atoms with Crippen LogP contribution in [0.5, 0.6) is 0 Å². The monoisotopic (exact) mass is 419 g/mol. The summed E-state index contributed by atoms with van der Waals surface area (Å²) in [6.07, 6.45) is 5.73. The van der Waals surface area contributed by atoms with Crippen LogP contribution >= 0.6 is 47.0 Å². The standard InChI is InChI=1S/C15H21N3O3S4/c19-10-16-2-4-22-7-15-9-24-13(8-25-15)1-3-23-14(5-17-11-20)6-18-12-21/h13-15H,1-9H2. The van der Waals surface area contributed by atoms with Gasteiger partial charge in [-0.2, -0.15) is 47.0 Å². The Bertz CT molecular complexity index is 490. The molecule has 0 amide bonds. The van der Waals surface area contributed by atoms with Gasteiger partial charge in [-0.25, -0.2) is 29.4 Å². The number of rotatable bonds is 13. The molecule has 0 radical (unpaired) electrons. The molecule has 1 fully saturated rings. The van der Waals surface area contributed by atoms with E-state index in [1.54, 1.807) is 17.8 Å². The highest BCUT2D eigenvalue weighted by Gasteiger charge is 2.22. The van der Waals surface area contributed by atoms with E-state index >= 15 is 0 Å². The zero-order chi connectivity index (χ0) is 18.2. The number of carbonyl (C=O) groups excluding carboxylic acids is 3. The summed E-state index contributed by atoms with van der Waals surface area (Å²) in [5.41, 5.74) is 0. The minimum atomic E-state index is 0.0438. The van der Waals surface area contributed by atoms with Gasteiger partial charge in [-0.1, -0.05) is 0 Å². The minimum absolute atomic E-state index is 0.0438. The zero-order valence-electron chi connectivity index (χ0n) is 13.8. The van der Waals surface area contributed by atoms with Crippen LogP contribution in [0.1, 0.15) is 6.42 Å². The molecule has 1 aliphatic heterocycles. The van der Waals surface area contributed by atoms with Crippen LogP contribution in [0.15, 0.2) is 15.0 Å². The summed E-state index contributed by atoms with van der Waals surface area (Å²) in [6.45, 7) is 1.25. The van der Waals surface area contributed by atoms with Crippen molar-refractivity contribution in [3.8, 4) is 0 Å². The van der Waals surface area contributed by atoms with Crippen LogP contribution in [-0.4, -0.2) is 82.4 Å². The summed E-state index contributed by atoms with van der Waals surface area (Å²) >= 11 is 7.59. The Hall–Kier alpha value is -0.460. The predicted octanol–water partition coefficient (Wildman–Crippen LogP) is 2.44. The van der Waals surface area contributed by atoms with Crippen LogP contribution < -0.4 is 0 Å². The van der Waals surface area contributed by atoms with Gasteiger partial charge in [0, 0.05) is 38.8 Å². The van der Waals surface area contributed by atoms with Crippen LogP contribution in [0.2, 0.25) is 0 Å². The van der Waals surface area contributed by atoms with Crippen molar-refractivity contribution >= 4 is 65.3 Å². The Kier molecular flexibility index (Phi) is 14.2. The van der Waals surface area contributed by atoms with Crippen LogP contribution in [0.25, 0.3) is 0 Å². The number of hydrogen-bond donors (Lipinski definition) is 0. The van der Waals surface area contributed by atoms with Crippen LogP contribution in [0.4, 0.5) is 0 Å². The van der Waals surface area contributed by atoms with Gasteiger partial charge in [-0.15, -0.1) is 0 Å². The van der Waals surface area contributed by atoms with Gasteiger partial charge in [0.15, 0.2) is 0 Å². The quantitative estimate of drug-likeness (QED) is 0.257. The van der Waals surface area contributed by atoms with Crippen molar-refractivity contribution in [1.82, 2.24) is 0 Å². The van der Waals surface area contributed by atoms with Crippen molar-refractivity contribution in [2.45, 2.75) is 22.2 Å². The van der Waals surface area contributed by atoms with Crippen molar-refractivity contribution in [3.63, 3.8) is 0 Å². The van der Waals surface area contributed by atoms with Gasteiger partial charge in [0.25, 0.3) is 0 Å². The van der Waals surface area contributed by atoms with Crippen molar-refractivity contribution in [3.05, 3.63) is 0 Å². The summed E-state index contributed by atoms with van der Waals surface area (Å²) < 4.78 is 0. The molecule has 0 aromatic heterocycles. The highest BCUT2D eigenvalue weighted by Crippen LogP contribution is 2.34. The maximum absolute atomic E-state index is 10.2. The summed E-state index contributed by atoms with van der Waals surface area (Å²) in [6, 6.07) is 0. The molecule has 0 saturated carbocycles. The number of aliphatic imine (C=N–C) groups is 3. The first-order valence-corrected chi connectivity index (χ1v) is 12.1.